The summed E-state index contributed by atoms with van der Waals surface area (Å²) in [5.41, 5.74) is 0.821. The SMILES string of the molecule is CCC(CC)c1nc(COC)c(/C=C/C(=O)O)s1. The van der Waals surface area contributed by atoms with Gasteiger partial charge in [0, 0.05) is 19.1 Å². The molecule has 0 atom stereocenters. The number of methoxy groups -OCH3 is 1. The Morgan fingerprint density at radius 2 is 2.17 bits per heavy atom. The Morgan fingerprint density at radius 3 is 2.67 bits per heavy atom. The van der Waals surface area contributed by atoms with Gasteiger partial charge in [-0.15, -0.1) is 11.3 Å². The summed E-state index contributed by atoms with van der Waals surface area (Å²) in [7, 11) is 1.61. The third kappa shape index (κ3) is 3.92. The molecule has 1 aromatic heterocycles. The first-order chi connectivity index (χ1) is 8.62. The van der Waals surface area contributed by atoms with Gasteiger partial charge in [-0.05, 0) is 18.9 Å². The number of hydrogen-bond donors (Lipinski definition) is 1. The standard InChI is InChI=1S/C13H19NO3S/c1-4-9(5-2)13-14-10(8-17-3)11(18-13)6-7-12(15)16/h6-7,9H,4-5,8H2,1-3H3,(H,15,16)/b7-6+. The zero-order valence-corrected chi connectivity index (χ0v) is 11.8. The molecule has 4 nitrogen and oxygen atoms in total. The average Bonchev–Trinajstić information content (AvgIpc) is 2.72. The third-order valence-electron chi connectivity index (χ3n) is 2.74. The maximum absolute atomic E-state index is 10.6. The molecule has 0 aliphatic heterocycles. The van der Waals surface area contributed by atoms with Gasteiger partial charge in [0.05, 0.1) is 22.2 Å². The number of hydrogen-bond acceptors (Lipinski definition) is 4. The predicted molar refractivity (Wildman–Crippen MR) is 72.8 cm³/mol. The van der Waals surface area contributed by atoms with E-state index in [1.807, 2.05) is 0 Å². The van der Waals surface area contributed by atoms with Crippen LogP contribution in [0, 0.1) is 0 Å². The molecule has 100 valence electrons. The van der Waals surface area contributed by atoms with Gasteiger partial charge in [-0.25, -0.2) is 9.78 Å². The normalized spacial score (nSPS) is 11.6. The molecule has 0 bridgehead atoms. The second-order valence-electron chi connectivity index (χ2n) is 3.98. The van der Waals surface area contributed by atoms with Crippen LogP contribution in [0.5, 0.6) is 0 Å². The molecule has 0 saturated carbocycles. The molecule has 1 N–H and O–H groups in total. The summed E-state index contributed by atoms with van der Waals surface area (Å²) < 4.78 is 5.10. The molecular weight excluding hydrogens is 250 g/mol. The molecule has 0 spiro atoms. The van der Waals surface area contributed by atoms with E-state index in [0.29, 0.717) is 12.5 Å². The summed E-state index contributed by atoms with van der Waals surface area (Å²) in [6.45, 7) is 4.69. The summed E-state index contributed by atoms with van der Waals surface area (Å²) in [4.78, 5) is 16.0. The van der Waals surface area contributed by atoms with Crippen molar-refractivity contribution in [3.63, 3.8) is 0 Å². The van der Waals surface area contributed by atoms with E-state index in [1.165, 1.54) is 0 Å². The molecule has 0 aliphatic carbocycles. The zero-order valence-electron chi connectivity index (χ0n) is 11.0. The average molecular weight is 269 g/mol. The maximum atomic E-state index is 10.6. The van der Waals surface area contributed by atoms with Crippen molar-refractivity contribution in [1.82, 2.24) is 4.98 Å². The lowest BCUT2D eigenvalue weighted by Gasteiger charge is -2.06. The molecule has 1 heterocycles. The number of ether oxygens (including phenoxy) is 1. The van der Waals surface area contributed by atoms with Crippen LogP contribution in [0.25, 0.3) is 6.08 Å². The lowest BCUT2D eigenvalue weighted by Crippen LogP contribution is -1.96. The minimum absolute atomic E-state index is 0.413. The van der Waals surface area contributed by atoms with Crippen LogP contribution >= 0.6 is 11.3 Å². The lowest BCUT2D eigenvalue weighted by molar-refractivity contribution is -0.131. The van der Waals surface area contributed by atoms with E-state index < -0.39 is 5.97 Å². The Balaban J connectivity index is 3.03. The molecule has 0 amide bonds. The van der Waals surface area contributed by atoms with Crippen LogP contribution in [0.15, 0.2) is 6.08 Å². The number of nitrogens with zero attached hydrogens (tertiary/aromatic N) is 1. The van der Waals surface area contributed by atoms with Gasteiger partial charge >= 0.3 is 5.97 Å². The fraction of sp³-hybridized carbons (Fsp3) is 0.538. The number of rotatable bonds is 7. The van der Waals surface area contributed by atoms with Gasteiger partial charge < -0.3 is 9.84 Å². The first-order valence-electron chi connectivity index (χ1n) is 6.01. The van der Waals surface area contributed by atoms with Gasteiger partial charge in [0.2, 0.25) is 0 Å². The lowest BCUT2D eigenvalue weighted by atomic mass is 10.1. The summed E-state index contributed by atoms with van der Waals surface area (Å²) in [5.74, 6) is -0.506. The molecule has 0 fully saturated rings. The van der Waals surface area contributed by atoms with Gasteiger partial charge in [0.25, 0.3) is 0 Å². The Morgan fingerprint density at radius 1 is 1.50 bits per heavy atom. The molecule has 1 aromatic rings. The fourth-order valence-electron chi connectivity index (χ4n) is 1.71. The van der Waals surface area contributed by atoms with Crippen LogP contribution in [-0.4, -0.2) is 23.2 Å². The van der Waals surface area contributed by atoms with Crippen LogP contribution in [0.1, 0.15) is 48.2 Å². The van der Waals surface area contributed by atoms with Crippen molar-refractivity contribution in [2.45, 2.75) is 39.2 Å². The second-order valence-corrected chi connectivity index (χ2v) is 5.04. The number of carboxylic acids is 1. The molecule has 0 aromatic carbocycles. The highest BCUT2D eigenvalue weighted by atomic mass is 32.1. The summed E-state index contributed by atoms with van der Waals surface area (Å²) >= 11 is 1.56. The molecule has 0 unspecified atom stereocenters. The van der Waals surface area contributed by atoms with Crippen LogP contribution in [0.4, 0.5) is 0 Å². The van der Waals surface area contributed by atoms with Crippen molar-refractivity contribution in [2.75, 3.05) is 7.11 Å². The van der Waals surface area contributed by atoms with E-state index in [-0.39, 0.29) is 0 Å². The van der Waals surface area contributed by atoms with Gasteiger partial charge in [0.1, 0.15) is 0 Å². The molecule has 18 heavy (non-hydrogen) atoms. The van der Waals surface area contributed by atoms with Gasteiger partial charge in [-0.3, -0.25) is 0 Å². The fourth-order valence-corrected chi connectivity index (χ4v) is 2.95. The smallest absolute Gasteiger partial charge is 0.328 e. The third-order valence-corrected chi connectivity index (χ3v) is 3.96. The number of carboxylic acid groups (broad SMARTS) is 1. The van der Waals surface area contributed by atoms with E-state index in [0.717, 1.165) is 34.5 Å². The zero-order chi connectivity index (χ0) is 13.5. The molecule has 1 rings (SSSR count). The quantitative estimate of drug-likeness (QED) is 0.772. The van der Waals surface area contributed by atoms with Crippen molar-refractivity contribution >= 4 is 23.4 Å². The minimum atomic E-state index is -0.948. The van der Waals surface area contributed by atoms with Crippen molar-refractivity contribution in [1.29, 1.82) is 0 Å². The highest BCUT2D eigenvalue weighted by Crippen LogP contribution is 2.30. The van der Waals surface area contributed by atoms with Crippen LogP contribution < -0.4 is 0 Å². The van der Waals surface area contributed by atoms with E-state index in [4.69, 9.17) is 9.84 Å². The van der Waals surface area contributed by atoms with Crippen LogP contribution in [-0.2, 0) is 16.1 Å². The maximum Gasteiger partial charge on any atom is 0.328 e. The van der Waals surface area contributed by atoms with Crippen LogP contribution in [0.2, 0.25) is 0 Å². The van der Waals surface area contributed by atoms with Gasteiger partial charge in [-0.1, -0.05) is 13.8 Å². The van der Waals surface area contributed by atoms with Crippen molar-refractivity contribution in [2.24, 2.45) is 0 Å². The van der Waals surface area contributed by atoms with E-state index in [2.05, 4.69) is 18.8 Å². The summed E-state index contributed by atoms with van der Waals surface area (Å²) in [6.07, 6.45) is 4.82. The Labute approximate surface area is 111 Å². The van der Waals surface area contributed by atoms with Crippen molar-refractivity contribution in [3.05, 3.63) is 21.7 Å². The summed E-state index contributed by atoms with van der Waals surface area (Å²) in [5, 5.41) is 9.74. The van der Waals surface area contributed by atoms with E-state index in [1.54, 1.807) is 24.5 Å². The van der Waals surface area contributed by atoms with Gasteiger partial charge in [0.15, 0.2) is 0 Å². The second kappa shape index (κ2) is 7.28. The first kappa shape index (κ1) is 14.9. The predicted octanol–water partition coefficient (Wildman–Crippen LogP) is 3.29. The van der Waals surface area contributed by atoms with E-state index in [9.17, 15) is 4.79 Å². The highest BCUT2D eigenvalue weighted by Gasteiger charge is 2.15. The number of aliphatic carboxylic acids is 1. The molecule has 0 radical (unpaired) electrons. The van der Waals surface area contributed by atoms with Crippen molar-refractivity contribution in [3.8, 4) is 0 Å². The Kier molecular flexibility index (Phi) is 6.01. The highest BCUT2D eigenvalue weighted by molar-refractivity contribution is 7.12. The monoisotopic (exact) mass is 269 g/mol. The number of carbonyl (C=O) groups is 1. The Hall–Kier alpha value is -1.20. The Bertz CT molecular complexity index is 422. The number of aromatic nitrogens is 1. The minimum Gasteiger partial charge on any atom is -0.478 e. The molecular formula is C13H19NO3S. The topological polar surface area (TPSA) is 59.4 Å². The number of thiazole rings is 1. The van der Waals surface area contributed by atoms with E-state index >= 15 is 0 Å². The molecule has 0 saturated heterocycles. The first-order valence-corrected chi connectivity index (χ1v) is 6.83. The molecule has 0 aliphatic rings. The largest absolute Gasteiger partial charge is 0.478 e. The molecule has 5 heteroatoms. The summed E-state index contributed by atoms with van der Waals surface area (Å²) in [6, 6.07) is 0. The van der Waals surface area contributed by atoms with Crippen LogP contribution in [0.3, 0.4) is 0 Å². The van der Waals surface area contributed by atoms with Crippen molar-refractivity contribution < 1.29 is 14.6 Å². The van der Waals surface area contributed by atoms with Gasteiger partial charge in [-0.2, -0.15) is 0 Å².